The Morgan fingerprint density at radius 1 is 1.30 bits per heavy atom. The Kier molecular flexibility index (Phi) is 6.19. The molecule has 0 aromatic heterocycles. The largest absolute Gasteiger partial charge is 0.356 e. The van der Waals surface area contributed by atoms with E-state index < -0.39 is 0 Å². The van der Waals surface area contributed by atoms with Gasteiger partial charge < -0.3 is 15.5 Å². The lowest BCUT2D eigenvalue weighted by Gasteiger charge is -2.41. The molecular formula is C17H31IN4O. The maximum absolute atomic E-state index is 11.6. The Bertz CT molecular complexity index is 462. The highest BCUT2D eigenvalue weighted by molar-refractivity contribution is 14.0. The van der Waals surface area contributed by atoms with Gasteiger partial charge in [-0.15, -0.1) is 24.0 Å². The van der Waals surface area contributed by atoms with E-state index in [1.54, 1.807) is 0 Å². The number of amides is 1. The summed E-state index contributed by atoms with van der Waals surface area (Å²) >= 11 is 0. The van der Waals surface area contributed by atoms with Crippen LogP contribution in [0.15, 0.2) is 4.99 Å². The Balaban J connectivity index is 0.00000192. The Labute approximate surface area is 157 Å². The second kappa shape index (κ2) is 7.57. The van der Waals surface area contributed by atoms with E-state index in [9.17, 15) is 4.79 Å². The molecule has 3 fully saturated rings. The normalized spacial score (nSPS) is 30.3. The van der Waals surface area contributed by atoms with Crippen LogP contribution in [-0.4, -0.2) is 50.0 Å². The van der Waals surface area contributed by atoms with Crippen LogP contribution in [0.4, 0.5) is 0 Å². The van der Waals surface area contributed by atoms with Gasteiger partial charge in [-0.2, -0.15) is 0 Å². The molecule has 23 heavy (non-hydrogen) atoms. The summed E-state index contributed by atoms with van der Waals surface area (Å²) in [6.45, 7) is 6.23. The lowest BCUT2D eigenvalue weighted by Crippen LogP contribution is -2.52. The van der Waals surface area contributed by atoms with Crippen LogP contribution in [-0.2, 0) is 4.79 Å². The Hall–Kier alpha value is -0.530. The zero-order valence-corrected chi connectivity index (χ0v) is 16.8. The third-order valence-corrected chi connectivity index (χ3v) is 5.85. The fraction of sp³-hybridized carbons (Fsp3) is 0.882. The minimum absolute atomic E-state index is 0. The summed E-state index contributed by atoms with van der Waals surface area (Å²) < 4.78 is 0. The minimum atomic E-state index is 0. The number of guanidine groups is 1. The van der Waals surface area contributed by atoms with Gasteiger partial charge in [-0.25, -0.2) is 0 Å². The van der Waals surface area contributed by atoms with Gasteiger partial charge in [0.05, 0.1) is 0 Å². The van der Waals surface area contributed by atoms with Crippen molar-refractivity contribution in [3.8, 4) is 0 Å². The first-order valence-corrected chi connectivity index (χ1v) is 8.77. The number of likely N-dealkylation sites (tertiary alicyclic amines) is 1. The summed E-state index contributed by atoms with van der Waals surface area (Å²) in [6.07, 6.45) is 8.33. The molecule has 3 aliphatic rings. The molecule has 2 heterocycles. The van der Waals surface area contributed by atoms with E-state index in [0.29, 0.717) is 11.8 Å². The average Bonchev–Trinajstić information content (AvgIpc) is 3.07. The maximum Gasteiger partial charge on any atom is 0.220 e. The monoisotopic (exact) mass is 434 g/mol. The topological polar surface area (TPSA) is 56.7 Å². The summed E-state index contributed by atoms with van der Waals surface area (Å²) in [5.74, 6) is 1.23. The molecule has 132 valence electrons. The SMILES string of the molecule is CN=C(NCC1(C)CCCC1)N1CCCC2(CNC(=O)C2)C1.I. The van der Waals surface area contributed by atoms with Gasteiger partial charge in [0, 0.05) is 45.1 Å². The van der Waals surface area contributed by atoms with Crippen molar-refractivity contribution in [3.05, 3.63) is 0 Å². The number of hydrogen-bond acceptors (Lipinski definition) is 2. The summed E-state index contributed by atoms with van der Waals surface area (Å²) in [6, 6.07) is 0. The molecule has 0 bridgehead atoms. The highest BCUT2D eigenvalue weighted by atomic mass is 127. The number of carbonyl (C=O) groups excluding carboxylic acids is 1. The molecule has 1 saturated carbocycles. The summed E-state index contributed by atoms with van der Waals surface area (Å²) in [5.41, 5.74) is 0.554. The molecule has 3 rings (SSSR count). The molecule has 0 radical (unpaired) electrons. The molecule has 1 atom stereocenters. The number of nitrogens with one attached hydrogen (secondary N) is 2. The second-order valence-corrected chi connectivity index (χ2v) is 7.90. The highest BCUT2D eigenvalue weighted by Crippen LogP contribution is 2.38. The lowest BCUT2D eigenvalue weighted by atomic mass is 9.79. The van der Waals surface area contributed by atoms with E-state index in [-0.39, 0.29) is 35.3 Å². The first kappa shape index (κ1) is 18.8. The molecule has 2 saturated heterocycles. The van der Waals surface area contributed by atoms with Crippen LogP contribution >= 0.6 is 24.0 Å². The predicted octanol–water partition coefficient (Wildman–Crippen LogP) is 2.36. The molecule has 0 aromatic rings. The number of hydrogen-bond donors (Lipinski definition) is 2. The number of nitrogens with zero attached hydrogens (tertiary/aromatic N) is 2. The van der Waals surface area contributed by atoms with Gasteiger partial charge in [-0.05, 0) is 31.1 Å². The van der Waals surface area contributed by atoms with E-state index >= 15 is 0 Å². The van der Waals surface area contributed by atoms with Crippen LogP contribution in [0.3, 0.4) is 0 Å². The predicted molar refractivity (Wildman–Crippen MR) is 104 cm³/mol. The smallest absolute Gasteiger partial charge is 0.220 e. The van der Waals surface area contributed by atoms with Crippen molar-refractivity contribution in [2.45, 2.75) is 51.9 Å². The van der Waals surface area contributed by atoms with Crippen LogP contribution in [0, 0.1) is 10.8 Å². The molecule has 1 amide bonds. The first-order valence-electron chi connectivity index (χ1n) is 8.77. The third kappa shape index (κ3) is 4.31. The van der Waals surface area contributed by atoms with Crippen molar-refractivity contribution < 1.29 is 4.79 Å². The maximum atomic E-state index is 11.6. The summed E-state index contributed by atoms with van der Waals surface area (Å²) in [4.78, 5) is 18.5. The van der Waals surface area contributed by atoms with Crippen molar-refractivity contribution in [3.63, 3.8) is 0 Å². The summed E-state index contributed by atoms with van der Waals surface area (Å²) in [5, 5.41) is 6.62. The molecular weight excluding hydrogens is 403 g/mol. The van der Waals surface area contributed by atoms with Crippen molar-refractivity contribution in [2.24, 2.45) is 15.8 Å². The van der Waals surface area contributed by atoms with E-state index in [1.165, 1.54) is 25.7 Å². The van der Waals surface area contributed by atoms with Crippen LogP contribution in [0.25, 0.3) is 0 Å². The molecule has 1 spiro atoms. The number of piperidine rings is 1. The highest BCUT2D eigenvalue weighted by Gasteiger charge is 2.42. The zero-order valence-electron chi connectivity index (χ0n) is 14.5. The quantitative estimate of drug-likeness (QED) is 0.399. The average molecular weight is 434 g/mol. The first-order chi connectivity index (χ1) is 10.5. The zero-order chi connectivity index (χ0) is 15.6. The van der Waals surface area contributed by atoms with Crippen LogP contribution in [0.2, 0.25) is 0 Å². The van der Waals surface area contributed by atoms with Crippen molar-refractivity contribution in [2.75, 3.05) is 33.2 Å². The van der Waals surface area contributed by atoms with Gasteiger partial charge in [-0.3, -0.25) is 9.79 Å². The molecule has 2 N–H and O–H groups in total. The number of halogens is 1. The number of carbonyl (C=O) groups is 1. The van der Waals surface area contributed by atoms with Gasteiger partial charge in [0.25, 0.3) is 0 Å². The molecule has 0 aromatic carbocycles. The standard InChI is InChI=1S/C17H30N4O.HI/c1-16(6-3-4-7-16)11-20-15(18-2)21-9-5-8-17(13-21)10-14(22)19-12-17;/h3-13H2,1-2H3,(H,18,20)(H,19,22);1H. The van der Waals surface area contributed by atoms with E-state index in [2.05, 4.69) is 27.4 Å². The fourth-order valence-corrected chi connectivity index (χ4v) is 4.46. The lowest BCUT2D eigenvalue weighted by molar-refractivity contribution is -0.119. The van der Waals surface area contributed by atoms with Crippen molar-refractivity contribution >= 4 is 35.8 Å². The minimum Gasteiger partial charge on any atom is -0.356 e. The van der Waals surface area contributed by atoms with E-state index in [0.717, 1.165) is 45.0 Å². The van der Waals surface area contributed by atoms with Gasteiger partial charge >= 0.3 is 0 Å². The Morgan fingerprint density at radius 3 is 2.65 bits per heavy atom. The summed E-state index contributed by atoms with van der Waals surface area (Å²) in [7, 11) is 1.87. The Morgan fingerprint density at radius 2 is 2.04 bits per heavy atom. The van der Waals surface area contributed by atoms with Gasteiger partial charge in [0.15, 0.2) is 5.96 Å². The fourth-order valence-electron chi connectivity index (χ4n) is 4.46. The van der Waals surface area contributed by atoms with Crippen LogP contribution < -0.4 is 10.6 Å². The molecule has 1 aliphatic carbocycles. The van der Waals surface area contributed by atoms with Crippen LogP contribution in [0.1, 0.15) is 51.9 Å². The number of rotatable bonds is 2. The van der Waals surface area contributed by atoms with Gasteiger partial charge in [0.2, 0.25) is 5.91 Å². The number of aliphatic imine (C=N–C) groups is 1. The van der Waals surface area contributed by atoms with Crippen LogP contribution in [0.5, 0.6) is 0 Å². The molecule has 5 nitrogen and oxygen atoms in total. The van der Waals surface area contributed by atoms with E-state index in [4.69, 9.17) is 0 Å². The molecule has 1 unspecified atom stereocenters. The van der Waals surface area contributed by atoms with Crippen molar-refractivity contribution in [1.82, 2.24) is 15.5 Å². The van der Waals surface area contributed by atoms with Gasteiger partial charge in [0.1, 0.15) is 0 Å². The third-order valence-electron chi connectivity index (χ3n) is 5.85. The molecule has 6 heteroatoms. The van der Waals surface area contributed by atoms with Crippen molar-refractivity contribution in [1.29, 1.82) is 0 Å². The molecule has 2 aliphatic heterocycles. The van der Waals surface area contributed by atoms with Gasteiger partial charge in [-0.1, -0.05) is 19.8 Å². The second-order valence-electron chi connectivity index (χ2n) is 7.90. The van der Waals surface area contributed by atoms with E-state index in [1.807, 2.05) is 7.05 Å².